The summed E-state index contributed by atoms with van der Waals surface area (Å²) in [6.45, 7) is 2.92. The lowest BCUT2D eigenvalue weighted by Gasteiger charge is -2.48. The van der Waals surface area contributed by atoms with Crippen molar-refractivity contribution in [1.82, 2.24) is 20.2 Å². The van der Waals surface area contributed by atoms with Crippen molar-refractivity contribution in [3.63, 3.8) is 0 Å². The van der Waals surface area contributed by atoms with Crippen LogP contribution >= 0.6 is 23.2 Å². The van der Waals surface area contributed by atoms with Gasteiger partial charge in [-0.05, 0) is 24.3 Å². The Morgan fingerprint density at radius 3 is 2.61 bits per heavy atom. The van der Waals surface area contributed by atoms with E-state index in [1.54, 1.807) is 30.5 Å². The number of ether oxygens (including phenoxy) is 1. The van der Waals surface area contributed by atoms with Gasteiger partial charge in [-0.15, -0.1) is 0 Å². The Morgan fingerprint density at radius 1 is 1.24 bits per heavy atom. The van der Waals surface area contributed by atoms with Gasteiger partial charge in [-0.2, -0.15) is 10.4 Å². The number of pyridine rings is 2. The molecule has 0 saturated carbocycles. The largest absolute Gasteiger partial charge is 0.471 e. The Balaban J connectivity index is 1.41. The average molecular weight is 572 g/mol. The molecule has 38 heavy (non-hydrogen) atoms. The number of sulfone groups is 1. The zero-order valence-corrected chi connectivity index (χ0v) is 22.8. The van der Waals surface area contributed by atoms with Crippen LogP contribution in [0.1, 0.15) is 24.3 Å². The van der Waals surface area contributed by atoms with Crippen LogP contribution in [0.3, 0.4) is 0 Å². The zero-order valence-electron chi connectivity index (χ0n) is 20.4. The molecule has 0 spiro atoms. The summed E-state index contributed by atoms with van der Waals surface area (Å²) < 4.78 is 29.4. The highest BCUT2D eigenvalue weighted by atomic mass is 35.5. The highest BCUT2D eigenvalue weighted by Gasteiger charge is 2.42. The standard InChI is InChI=1S/C25H23Cl2N7O3S/c1-25(13-38(2,35)36)11-34(12-25)24-14(7-28)5-15(8-31-24)22-17-6-16(3-4-20(17)32-33-22)37-23(29)21-18(26)9-30-10-19(21)27/h3-6,8-10,23H,11-13,29H2,1-2H3,(H,32,33)/t23-/m0/s1. The molecule has 1 aliphatic rings. The van der Waals surface area contributed by atoms with Crippen molar-refractivity contribution in [3.8, 4) is 23.1 Å². The molecular weight excluding hydrogens is 549 g/mol. The Bertz CT molecular complexity index is 1670. The van der Waals surface area contributed by atoms with Crippen LogP contribution in [0.2, 0.25) is 10.0 Å². The molecule has 1 aromatic carbocycles. The number of halogens is 2. The topological polar surface area (TPSA) is 151 Å². The van der Waals surface area contributed by atoms with Crippen molar-refractivity contribution in [2.75, 3.05) is 30.0 Å². The number of nitrogens with two attached hydrogens (primary N) is 1. The second-order valence-electron chi connectivity index (χ2n) is 9.78. The number of aromatic nitrogens is 4. The molecule has 1 atom stereocenters. The first kappa shape index (κ1) is 26.2. The van der Waals surface area contributed by atoms with Gasteiger partial charge in [-0.3, -0.25) is 15.8 Å². The summed E-state index contributed by atoms with van der Waals surface area (Å²) in [5.41, 5.74) is 8.62. The van der Waals surface area contributed by atoms with Crippen LogP contribution in [0.15, 0.2) is 42.9 Å². The number of nitriles is 1. The minimum Gasteiger partial charge on any atom is -0.471 e. The molecule has 0 aliphatic carbocycles. The molecule has 1 fully saturated rings. The third-order valence-corrected chi connectivity index (χ3v) is 8.11. The van der Waals surface area contributed by atoms with Gasteiger partial charge in [-0.1, -0.05) is 30.1 Å². The Morgan fingerprint density at radius 2 is 1.95 bits per heavy atom. The van der Waals surface area contributed by atoms with Crippen LogP contribution in [0.25, 0.3) is 22.2 Å². The molecule has 0 amide bonds. The number of fused-ring (bicyclic) bond motifs is 1. The van der Waals surface area contributed by atoms with Gasteiger partial charge in [0.05, 0.1) is 26.9 Å². The predicted octanol–water partition coefficient (Wildman–Crippen LogP) is 4.11. The molecular formula is C25H23Cl2N7O3S. The lowest BCUT2D eigenvalue weighted by atomic mass is 9.84. The molecule has 0 radical (unpaired) electrons. The molecule has 1 saturated heterocycles. The normalized spacial score (nSPS) is 15.6. The highest BCUT2D eigenvalue weighted by Crippen LogP contribution is 2.38. The number of H-pyrrole nitrogens is 1. The quantitative estimate of drug-likeness (QED) is 0.312. The smallest absolute Gasteiger partial charge is 0.177 e. The minimum atomic E-state index is -3.11. The number of nitrogens with zero attached hydrogens (tertiary/aromatic N) is 5. The third kappa shape index (κ3) is 5.13. The maximum Gasteiger partial charge on any atom is 0.177 e. The number of aromatic amines is 1. The van der Waals surface area contributed by atoms with Crippen molar-refractivity contribution in [2.45, 2.75) is 13.2 Å². The monoisotopic (exact) mass is 571 g/mol. The predicted molar refractivity (Wildman–Crippen MR) is 146 cm³/mol. The van der Waals surface area contributed by atoms with Crippen molar-refractivity contribution in [3.05, 3.63) is 64.0 Å². The lowest BCUT2D eigenvalue weighted by molar-refractivity contribution is 0.214. The highest BCUT2D eigenvalue weighted by molar-refractivity contribution is 7.90. The third-order valence-electron chi connectivity index (χ3n) is 6.29. The molecule has 3 aromatic heterocycles. The summed E-state index contributed by atoms with van der Waals surface area (Å²) in [7, 11) is -3.11. The summed E-state index contributed by atoms with van der Waals surface area (Å²) in [5.74, 6) is 1.07. The van der Waals surface area contributed by atoms with Crippen molar-refractivity contribution in [1.29, 1.82) is 5.26 Å². The first-order valence-corrected chi connectivity index (χ1v) is 14.3. The van der Waals surface area contributed by atoms with E-state index in [0.717, 1.165) is 10.9 Å². The molecule has 4 aromatic rings. The van der Waals surface area contributed by atoms with E-state index in [0.29, 0.717) is 57.1 Å². The van der Waals surface area contributed by atoms with E-state index < -0.39 is 16.1 Å². The van der Waals surface area contributed by atoms with Crippen molar-refractivity contribution >= 4 is 49.8 Å². The van der Waals surface area contributed by atoms with E-state index >= 15 is 0 Å². The summed E-state index contributed by atoms with van der Waals surface area (Å²) in [6, 6.07) is 9.26. The molecule has 5 rings (SSSR count). The second kappa shape index (κ2) is 9.71. The van der Waals surface area contributed by atoms with Crippen LogP contribution in [0.5, 0.6) is 5.75 Å². The van der Waals surface area contributed by atoms with Crippen molar-refractivity contribution < 1.29 is 13.2 Å². The van der Waals surface area contributed by atoms with Crippen LogP contribution in [0, 0.1) is 16.7 Å². The van der Waals surface area contributed by atoms with Gasteiger partial charge in [0.2, 0.25) is 0 Å². The van der Waals surface area contributed by atoms with Gasteiger partial charge in [0.15, 0.2) is 6.23 Å². The summed E-state index contributed by atoms with van der Waals surface area (Å²) in [4.78, 5) is 10.4. The lowest BCUT2D eigenvalue weighted by Crippen LogP contribution is -2.58. The van der Waals surface area contributed by atoms with Gasteiger partial charge < -0.3 is 9.64 Å². The number of benzene rings is 1. The molecule has 3 N–H and O–H groups in total. The number of hydrogen-bond donors (Lipinski definition) is 2. The zero-order chi connectivity index (χ0) is 27.2. The molecule has 10 nitrogen and oxygen atoms in total. The average Bonchev–Trinajstić information content (AvgIpc) is 3.24. The van der Waals surface area contributed by atoms with Gasteiger partial charge in [0.25, 0.3) is 0 Å². The fourth-order valence-corrected chi connectivity index (χ4v) is 6.88. The Labute approximate surface area is 229 Å². The van der Waals surface area contributed by atoms with Gasteiger partial charge in [0.1, 0.15) is 33.2 Å². The molecule has 4 heterocycles. The summed E-state index contributed by atoms with van der Waals surface area (Å²) in [6.07, 6.45) is 4.84. The van der Waals surface area contributed by atoms with E-state index in [4.69, 9.17) is 33.7 Å². The maximum atomic E-state index is 11.7. The summed E-state index contributed by atoms with van der Waals surface area (Å²) in [5, 5.41) is 18.6. The van der Waals surface area contributed by atoms with Gasteiger partial charge in [0, 0.05) is 59.9 Å². The van der Waals surface area contributed by atoms with Crippen LogP contribution < -0.4 is 15.4 Å². The fourth-order valence-electron chi connectivity index (χ4n) is 4.86. The first-order chi connectivity index (χ1) is 18.0. The molecule has 1 aliphatic heterocycles. The van der Waals surface area contributed by atoms with Gasteiger partial charge >= 0.3 is 0 Å². The fraction of sp³-hybridized carbons (Fsp3) is 0.280. The van der Waals surface area contributed by atoms with E-state index in [1.165, 1.54) is 18.6 Å². The maximum absolute atomic E-state index is 11.7. The second-order valence-corrected chi connectivity index (χ2v) is 12.7. The molecule has 0 bridgehead atoms. The molecule has 196 valence electrons. The first-order valence-electron chi connectivity index (χ1n) is 11.5. The molecule has 13 heteroatoms. The number of nitrogens with one attached hydrogen (secondary N) is 1. The Hall–Kier alpha value is -3.43. The minimum absolute atomic E-state index is 0.0867. The van der Waals surface area contributed by atoms with E-state index in [1.807, 2.05) is 11.8 Å². The number of rotatable bonds is 7. The van der Waals surface area contributed by atoms with Crippen LogP contribution in [-0.4, -0.2) is 53.7 Å². The summed E-state index contributed by atoms with van der Waals surface area (Å²) >= 11 is 12.4. The van der Waals surface area contributed by atoms with Crippen molar-refractivity contribution in [2.24, 2.45) is 11.1 Å². The van der Waals surface area contributed by atoms with E-state index in [9.17, 15) is 13.7 Å². The van der Waals surface area contributed by atoms with Crippen LogP contribution in [-0.2, 0) is 9.84 Å². The Kier molecular flexibility index (Phi) is 6.69. The van der Waals surface area contributed by atoms with Gasteiger partial charge in [-0.25, -0.2) is 13.4 Å². The SMILES string of the molecule is CC1(CS(C)(=O)=O)CN(c2ncc(-c3n[nH]c4ccc(O[C@H](N)c5c(Cl)cncc5Cl)cc34)cc2C#N)C1. The number of anilines is 1. The number of hydrogen-bond acceptors (Lipinski definition) is 9. The van der Waals surface area contributed by atoms with E-state index in [2.05, 4.69) is 26.2 Å². The van der Waals surface area contributed by atoms with Crippen LogP contribution in [0.4, 0.5) is 5.82 Å². The van der Waals surface area contributed by atoms with E-state index in [-0.39, 0.29) is 11.2 Å². The molecule has 0 unspecified atom stereocenters.